The van der Waals surface area contributed by atoms with Gasteiger partial charge >= 0.3 is 0 Å². The van der Waals surface area contributed by atoms with Crippen molar-refractivity contribution >= 4 is 11.5 Å². The second-order valence-electron chi connectivity index (χ2n) is 9.03. The molecule has 4 aromatic rings. The monoisotopic (exact) mass is 477 g/mol. The number of halogens is 2. The summed E-state index contributed by atoms with van der Waals surface area (Å²) >= 11 is 0. The lowest BCUT2D eigenvalue weighted by molar-refractivity contribution is 0.194. The number of benzene rings is 1. The summed E-state index contributed by atoms with van der Waals surface area (Å²) in [6.07, 6.45) is 3.69. The maximum atomic E-state index is 14.7. The lowest BCUT2D eigenvalue weighted by atomic mass is 9.98. The fraction of sp³-hybridized carbons (Fsp3) is 0.346. The van der Waals surface area contributed by atoms with Gasteiger partial charge < -0.3 is 14.4 Å². The molecule has 0 radical (unpaired) electrons. The lowest BCUT2D eigenvalue weighted by Gasteiger charge is -2.27. The number of ether oxygens (including phenoxy) is 2. The summed E-state index contributed by atoms with van der Waals surface area (Å²) in [7, 11) is 1.53. The van der Waals surface area contributed by atoms with Crippen molar-refractivity contribution in [2.24, 2.45) is 0 Å². The van der Waals surface area contributed by atoms with E-state index in [1.165, 1.54) is 24.8 Å². The van der Waals surface area contributed by atoms with Crippen LogP contribution in [0.5, 0.6) is 5.75 Å². The third kappa shape index (κ3) is 3.99. The van der Waals surface area contributed by atoms with Crippen molar-refractivity contribution in [2.45, 2.75) is 31.0 Å². The first-order valence-corrected chi connectivity index (χ1v) is 11.7. The van der Waals surface area contributed by atoms with Crippen LogP contribution in [0.3, 0.4) is 0 Å². The second-order valence-corrected chi connectivity index (χ2v) is 9.03. The van der Waals surface area contributed by atoms with Crippen molar-refractivity contribution < 1.29 is 18.3 Å². The molecule has 6 rings (SSSR count). The standard InChI is InChI=1S/C26H25F2N5O2/c1-34-24-3-2-18(27)11-20(24)22-12-19(28)14-32(22)26-5-4-25-30-13-23(33(25)31-26)21-10-16(6-8-29-21)17-7-9-35-15-17/h2-6,8,10-11,13,17,19,22H,7,9,12,14-15H2,1H3/t17-,19-,22+/m0/s1. The molecule has 2 aliphatic heterocycles. The van der Waals surface area contributed by atoms with Crippen molar-refractivity contribution in [3.8, 4) is 17.1 Å². The summed E-state index contributed by atoms with van der Waals surface area (Å²) in [6, 6.07) is 11.7. The van der Waals surface area contributed by atoms with Crippen LogP contribution >= 0.6 is 0 Å². The number of nitrogens with zero attached hydrogens (tertiary/aromatic N) is 5. The first-order valence-electron chi connectivity index (χ1n) is 11.7. The van der Waals surface area contributed by atoms with Crippen LogP contribution in [0.1, 0.15) is 35.9 Å². The van der Waals surface area contributed by atoms with Gasteiger partial charge in [-0.1, -0.05) is 0 Å². The molecule has 0 amide bonds. The maximum Gasteiger partial charge on any atom is 0.154 e. The van der Waals surface area contributed by atoms with E-state index >= 15 is 0 Å². The summed E-state index contributed by atoms with van der Waals surface area (Å²) < 4.78 is 41.5. The van der Waals surface area contributed by atoms with Crippen LogP contribution in [-0.2, 0) is 4.74 Å². The van der Waals surface area contributed by atoms with Crippen LogP contribution in [0.4, 0.5) is 14.6 Å². The van der Waals surface area contributed by atoms with Crippen LogP contribution in [0, 0.1) is 5.82 Å². The maximum absolute atomic E-state index is 14.7. The number of anilines is 1. The molecule has 0 bridgehead atoms. The average molecular weight is 478 g/mol. The highest BCUT2D eigenvalue weighted by Crippen LogP contribution is 2.41. The minimum atomic E-state index is -1.07. The Morgan fingerprint density at radius 2 is 2.03 bits per heavy atom. The summed E-state index contributed by atoms with van der Waals surface area (Å²) in [5, 5.41) is 4.82. The normalized spacial score (nSPS) is 22.3. The van der Waals surface area contributed by atoms with E-state index in [0.717, 1.165) is 24.4 Å². The fourth-order valence-electron chi connectivity index (χ4n) is 5.13. The minimum absolute atomic E-state index is 0.155. The van der Waals surface area contributed by atoms with E-state index in [9.17, 15) is 8.78 Å². The zero-order chi connectivity index (χ0) is 23.9. The Balaban J connectivity index is 1.39. The molecule has 5 heterocycles. The van der Waals surface area contributed by atoms with Gasteiger partial charge in [0.1, 0.15) is 29.3 Å². The highest BCUT2D eigenvalue weighted by Gasteiger charge is 2.36. The number of fused-ring (bicyclic) bond motifs is 1. The first-order chi connectivity index (χ1) is 17.1. The van der Waals surface area contributed by atoms with Gasteiger partial charge in [-0.15, -0.1) is 5.10 Å². The molecule has 2 aliphatic rings. The molecule has 2 saturated heterocycles. The summed E-state index contributed by atoms with van der Waals surface area (Å²) in [5.74, 6) is 1.07. The number of rotatable bonds is 5. The number of hydrogen-bond acceptors (Lipinski definition) is 6. The van der Waals surface area contributed by atoms with Crippen LogP contribution < -0.4 is 9.64 Å². The molecule has 0 N–H and O–H groups in total. The van der Waals surface area contributed by atoms with Crippen LogP contribution in [0.15, 0.2) is 54.9 Å². The van der Waals surface area contributed by atoms with Crippen molar-refractivity contribution in [3.63, 3.8) is 0 Å². The first kappa shape index (κ1) is 21.9. The largest absolute Gasteiger partial charge is 0.496 e. The van der Waals surface area contributed by atoms with Crippen LogP contribution in [-0.4, -0.2) is 52.6 Å². The number of hydrogen-bond donors (Lipinski definition) is 0. The number of imidazole rings is 1. The van der Waals surface area contributed by atoms with Gasteiger partial charge in [-0.3, -0.25) is 4.98 Å². The quantitative estimate of drug-likeness (QED) is 0.414. The molecule has 9 heteroatoms. The minimum Gasteiger partial charge on any atom is -0.496 e. The number of methoxy groups -OCH3 is 1. The van der Waals surface area contributed by atoms with E-state index in [-0.39, 0.29) is 18.8 Å². The summed E-state index contributed by atoms with van der Waals surface area (Å²) in [6.45, 7) is 1.64. The Kier molecular flexibility index (Phi) is 5.56. The average Bonchev–Trinajstić information content (AvgIpc) is 3.63. The Morgan fingerprint density at radius 3 is 2.86 bits per heavy atom. The molecule has 2 fully saturated rings. The van der Waals surface area contributed by atoms with Crippen molar-refractivity contribution in [1.82, 2.24) is 19.6 Å². The SMILES string of the molecule is COc1ccc(F)cc1[C@H]1C[C@H](F)CN1c1ccc2ncc(-c3cc([C@H]4CCOC4)ccn3)n2n1. The van der Waals surface area contributed by atoms with E-state index in [1.807, 2.05) is 23.1 Å². The zero-order valence-electron chi connectivity index (χ0n) is 19.3. The van der Waals surface area contributed by atoms with Crippen molar-refractivity contribution in [2.75, 3.05) is 31.8 Å². The van der Waals surface area contributed by atoms with Gasteiger partial charge in [0.25, 0.3) is 0 Å². The number of pyridine rings is 1. The highest BCUT2D eigenvalue weighted by atomic mass is 19.1. The molecule has 1 aromatic carbocycles. The Hall–Kier alpha value is -3.59. The summed E-state index contributed by atoms with van der Waals surface area (Å²) in [5.41, 5.74) is 3.96. The van der Waals surface area contributed by atoms with Gasteiger partial charge in [-0.2, -0.15) is 0 Å². The third-order valence-electron chi connectivity index (χ3n) is 6.89. The van der Waals surface area contributed by atoms with E-state index in [4.69, 9.17) is 14.6 Å². The van der Waals surface area contributed by atoms with Gasteiger partial charge in [0.05, 0.1) is 38.2 Å². The van der Waals surface area contributed by atoms with Gasteiger partial charge in [0.2, 0.25) is 0 Å². The van der Waals surface area contributed by atoms with Gasteiger partial charge in [-0.05, 0) is 54.4 Å². The molecular weight excluding hydrogens is 452 g/mol. The van der Waals surface area contributed by atoms with Gasteiger partial charge in [0, 0.05) is 30.7 Å². The molecule has 180 valence electrons. The third-order valence-corrected chi connectivity index (χ3v) is 6.89. The van der Waals surface area contributed by atoms with Crippen molar-refractivity contribution in [1.29, 1.82) is 0 Å². The molecule has 35 heavy (non-hydrogen) atoms. The smallest absolute Gasteiger partial charge is 0.154 e. The second kappa shape index (κ2) is 8.88. The molecule has 0 saturated carbocycles. The predicted molar refractivity (Wildman–Crippen MR) is 127 cm³/mol. The van der Waals surface area contributed by atoms with Gasteiger partial charge in [-0.25, -0.2) is 18.3 Å². The van der Waals surface area contributed by atoms with Crippen LogP contribution in [0.25, 0.3) is 17.0 Å². The zero-order valence-corrected chi connectivity index (χ0v) is 19.3. The van der Waals surface area contributed by atoms with Gasteiger partial charge in [0.15, 0.2) is 5.65 Å². The Labute approximate surface area is 201 Å². The predicted octanol–water partition coefficient (Wildman–Crippen LogP) is 4.73. The van der Waals surface area contributed by atoms with E-state index in [1.54, 1.807) is 23.0 Å². The molecule has 7 nitrogen and oxygen atoms in total. The Bertz CT molecular complexity index is 1370. The summed E-state index contributed by atoms with van der Waals surface area (Å²) in [4.78, 5) is 10.9. The van der Waals surface area contributed by atoms with E-state index < -0.39 is 12.2 Å². The van der Waals surface area contributed by atoms with Crippen LogP contribution in [0.2, 0.25) is 0 Å². The molecule has 3 aromatic heterocycles. The molecule has 0 spiro atoms. The molecule has 0 aliphatic carbocycles. The Morgan fingerprint density at radius 1 is 1.11 bits per heavy atom. The van der Waals surface area contributed by atoms with E-state index in [2.05, 4.69) is 16.0 Å². The lowest BCUT2D eigenvalue weighted by Crippen LogP contribution is -2.25. The van der Waals surface area contributed by atoms with Crippen molar-refractivity contribution in [3.05, 3.63) is 71.8 Å². The topological polar surface area (TPSA) is 64.8 Å². The number of aromatic nitrogens is 4. The molecule has 0 unspecified atom stereocenters. The molecule has 3 atom stereocenters. The fourth-order valence-corrected chi connectivity index (χ4v) is 5.13. The highest BCUT2D eigenvalue weighted by molar-refractivity contribution is 5.61. The van der Waals surface area contributed by atoms with E-state index in [0.29, 0.717) is 35.3 Å². The number of alkyl halides is 1. The molecular formula is C26H25F2N5O2.